The summed E-state index contributed by atoms with van der Waals surface area (Å²) >= 11 is 0. The topological polar surface area (TPSA) is 26.3 Å². The molecule has 0 aromatic rings. The number of esters is 1. The third-order valence-electron chi connectivity index (χ3n) is 1.78. The molecule has 0 saturated carbocycles. The highest BCUT2D eigenvalue weighted by Gasteiger charge is 2.08. The van der Waals surface area contributed by atoms with Crippen LogP contribution in [0.15, 0.2) is 12.7 Å². The second-order valence-corrected chi connectivity index (χ2v) is 2.81. The lowest BCUT2D eigenvalue weighted by atomic mass is 10.1. The van der Waals surface area contributed by atoms with Crippen molar-refractivity contribution in [2.75, 3.05) is 0 Å². The summed E-state index contributed by atoms with van der Waals surface area (Å²) in [7, 11) is 0. The molecule has 2 heteroatoms. The molecule has 0 bridgehead atoms. The van der Waals surface area contributed by atoms with Gasteiger partial charge in [0.05, 0.1) is 0 Å². The van der Waals surface area contributed by atoms with Crippen LogP contribution in [0, 0.1) is 0 Å². The van der Waals surface area contributed by atoms with Crippen LogP contribution >= 0.6 is 0 Å². The standard InChI is InChI=1S/C10H18O2/c1-4-7-8-9(5-2)12-10(11)6-3/h6,9H,3-5,7-8H2,1-2H3. The number of hydrogen-bond donors (Lipinski definition) is 0. The number of hydrogen-bond acceptors (Lipinski definition) is 2. The van der Waals surface area contributed by atoms with Crippen molar-refractivity contribution in [3.63, 3.8) is 0 Å². The Bertz CT molecular complexity index is 141. The van der Waals surface area contributed by atoms with E-state index in [1.54, 1.807) is 0 Å². The molecule has 0 aliphatic heterocycles. The van der Waals surface area contributed by atoms with Crippen molar-refractivity contribution in [2.24, 2.45) is 0 Å². The molecule has 0 fully saturated rings. The van der Waals surface area contributed by atoms with E-state index in [0.29, 0.717) is 0 Å². The first kappa shape index (κ1) is 11.2. The molecule has 0 aliphatic carbocycles. The molecule has 0 amide bonds. The molecule has 0 radical (unpaired) electrons. The Morgan fingerprint density at radius 1 is 1.58 bits per heavy atom. The Hall–Kier alpha value is -0.790. The first-order valence-corrected chi connectivity index (χ1v) is 4.57. The fourth-order valence-electron chi connectivity index (χ4n) is 0.991. The molecule has 2 nitrogen and oxygen atoms in total. The number of ether oxygens (including phenoxy) is 1. The first-order chi connectivity index (χ1) is 5.74. The van der Waals surface area contributed by atoms with Gasteiger partial charge in [-0.1, -0.05) is 33.3 Å². The van der Waals surface area contributed by atoms with Gasteiger partial charge in [0.25, 0.3) is 0 Å². The summed E-state index contributed by atoms with van der Waals surface area (Å²) < 4.78 is 5.09. The molecule has 0 aromatic heterocycles. The lowest BCUT2D eigenvalue weighted by Crippen LogP contribution is -2.15. The van der Waals surface area contributed by atoms with Gasteiger partial charge in [-0.2, -0.15) is 0 Å². The van der Waals surface area contributed by atoms with Crippen LogP contribution in [-0.2, 0) is 9.53 Å². The molecule has 0 saturated heterocycles. The van der Waals surface area contributed by atoms with Gasteiger partial charge >= 0.3 is 5.97 Å². The normalized spacial score (nSPS) is 12.2. The molecular weight excluding hydrogens is 152 g/mol. The summed E-state index contributed by atoms with van der Waals surface area (Å²) in [5, 5.41) is 0. The van der Waals surface area contributed by atoms with Crippen LogP contribution in [0.4, 0.5) is 0 Å². The molecule has 70 valence electrons. The third-order valence-corrected chi connectivity index (χ3v) is 1.78. The number of carbonyl (C=O) groups excluding carboxylic acids is 1. The fourth-order valence-corrected chi connectivity index (χ4v) is 0.991. The van der Waals surface area contributed by atoms with Crippen LogP contribution < -0.4 is 0 Å². The maximum Gasteiger partial charge on any atom is 0.330 e. The largest absolute Gasteiger partial charge is 0.459 e. The number of rotatable bonds is 6. The van der Waals surface area contributed by atoms with Crippen LogP contribution in [0.5, 0.6) is 0 Å². The summed E-state index contributed by atoms with van der Waals surface area (Å²) in [6, 6.07) is 0. The fraction of sp³-hybridized carbons (Fsp3) is 0.700. The van der Waals surface area contributed by atoms with Gasteiger partial charge in [-0.15, -0.1) is 0 Å². The Morgan fingerprint density at radius 2 is 2.25 bits per heavy atom. The van der Waals surface area contributed by atoms with Crippen molar-refractivity contribution in [3.05, 3.63) is 12.7 Å². The zero-order valence-corrected chi connectivity index (χ0v) is 8.01. The Kier molecular flexibility index (Phi) is 6.44. The van der Waals surface area contributed by atoms with Gasteiger partial charge in [-0.3, -0.25) is 0 Å². The van der Waals surface area contributed by atoms with Gasteiger partial charge < -0.3 is 4.74 Å². The monoisotopic (exact) mass is 170 g/mol. The minimum atomic E-state index is -0.307. The van der Waals surface area contributed by atoms with Gasteiger partial charge in [0.15, 0.2) is 0 Å². The van der Waals surface area contributed by atoms with E-state index in [0.717, 1.165) is 25.7 Å². The smallest absolute Gasteiger partial charge is 0.330 e. The second-order valence-electron chi connectivity index (χ2n) is 2.81. The molecule has 0 aliphatic rings. The molecule has 0 heterocycles. The molecular formula is C10H18O2. The molecule has 0 spiro atoms. The maximum atomic E-state index is 10.8. The Morgan fingerprint density at radius 3 is 2.67 bits per heavy atom. The van der Waals surface area contributed by atoms with E-state index < -0.39 is 0 Å². The lowest BCUT2D eigenvalue weighted by molar-refractivity contribution is -0.143. The highest BCUT2D eigenvalue weighted by Crippen LogP contribution is 2.08. The zero-order chi connectivity index (χ0) is 9.40. The highest BCUT2D eigenvalue weighted by molar-refractivity contribution is 5.81. The number of carbonyl (C=O) groups is 1. The molecule has 0 N–H and O–H groups in total. The van der Waals surface area contributed by atoms with E-state index >= 15 is 0 Å². The van der Waals surface area contributed by atoms with E-state index in [1.807, 2.05) is 6.92 Å². The predicted octanol–water partition coefficient (Wildman–Crippen LogP) is 2.68. The second kappa shape index (κ2) is 6.89. The SMILES string of the molecule is C=CC(=O)OC(CC)CCCC. The van der Waals surface area contributed by atoms with Crippen molar-refractivity contribution >= 4 is 5.97 Å². The van der Waals surface area contributed by atoms with Crippen LogP contribution in [0.3, 0.4) is 0 Å². The molecule has 0 rings (SSSR count). The highest BCUT2D eigenvalue weighted by atomic mass is 16.5. The van der Waals surface area contributed by atoms with E-state index in [2.05, 4.69) is 13.5 Å². The van der Waals surface area contributed by atoms with Crippen LogP contribution in [-0.4, -0.2) is 12.1 Å². The van der Waals surface area contributed by atoms with Crippen molar-refractivity contribution in [3.8, 4) is 0 Å². The molecule has 12 heavy (non-hydrogen) atoms. The minimum absolute atomic E-state index is 0.0791. The van der Waals surface area contributed by atoms with Gasteiger partial charge in [-0.05, 0) is 12.8 Å². The Balaban J connectivity index is 3.66. The maximum absolute atomic E-state index is 10.8. The molecule has 1 atom stereocenters. The average molecular weight is 170 g/mol. The van der Waals surface area contributed by atoms with E-state index in [4.69, 9.17) is 4.74 Å². The zero-order valence-electron chi connectivity index (χ0n) is 8.01. The van der Waals surface area contributed by atoms with Crippen molar-refractivity contribution < 1.29 is 9.53 Å². The van der Waals surface area contributed by atoms with Gasteiger partial charge in [0.2, 0.25) is 0 Å². The van der Waals surface area contributed by atoms with Crippen molar-refractivity contribution in [1.82, 2.24) is 0 Å². The quantitative estimate of drug-likeness (QED) is 0.452. The summed E-state index contributed by atoms with van der Waals surface area (Å²) in [6.45, 7) is 7.51. The first-order valence-electron chi connectivity index (χ1n) is 4.57. The van der Waals surface area contributed by atoms with Crippen LogP contribution in [0.25, 0.3) is 0 Å². The third kappa shape index (κ3) is 4.94. The molecule has 0 aromatic carbocycles. The summed E-state index contributed by atoms with van der Waals surface area (Å²) in [5.41, 5.74) is 0. The summed E-state index contributed by atoms with van der Waals surface area (Å²) in [5.74, 6) is -0.307. The predicted molar refractivity (Wildman–Crippen MR) is 49.9 cm³/mol. The van der Waals surface area contributed by atoms with Gasteiger partial charge in [0, 0.05) is 6.08 Å². The van der Waals surface area contributed by atoms with Crippen LogP contribution in [0.1, 0.15) is 39.5 Å². The average Bonchev–Trinajstić information content (AvgIpc) is 2.11. The summed E-state index contributed by atoms with van der Waals surface area (Å²) in [4.78, 5) is 10.8. The van der Waals surface area contributed by atoms with E-state index in [1.165, 1.54) is 6.08 Å². The number of unbranched alkanes of at least 4 members (excludes halogenated alkanes) is 1. The summed E-state index contributed by atoms with van der Waals surface area (Å²) in [6.07, 6.45) is 5.40. The van der Waals surface area contributed by atoms with Gasteiger partial charge in [-0.25, -0.2) is 4.79 Å². The molecule has 1 unspecified atom stereocenters. The Labute approximate surface area is 74.6 Å². The minimum Gasteiger partial charge on any atom is -0.459 e. The van der Waals surface area contributed by atoms with Gasteiger partial charge in [0.1, 0.15) is 6.10 Å². The van der Waals surface area contributed by atoms with Crippen molar-refractivity contribution in [2.45, 2.75) is 45.6 Å². The van der Waals surface area contributed by atoms with E-state index in [9.17, 15) is 4.79 Å². The lowest BCUT2D eigenvalue weighted by Gasteiger charge is -2.13. The van der Waals surface area contributed by atoms with Crippen molar-refractivity contribution in [1.29, 1.82) is 0 Å². The van der Waals surface area contributed by atoms with E-state index in [-0.39, 0.29) is 12.1 Å². The van der Waals surface area contributed by atoms with Crippen LogP contribution in [0.2, 0.25) is 0 Å².